The van der Waals surface area contributed by atoms with Crippen molar-refractivity contribution in [2.75, 3.05) is 0 Å². The van der Waals surface area contributed by atoms with Crippen LogP contribution in [0.1, 0.15) is 33.3 Å². The van der Waals surface area contributed by atoms with Gasteiger partial charge in [-0.2, -0.15) is 0 Å². The van der Waals surface area contributed by atoms with Crippen LogP contribution in [-0.2, 0) is 6.54 Å². The predicted octanol–water partition coefficient (Wildman–Crippen LogP) is 4.59. The Hall–Kier alpha value is -3.44. The Morgan fingerprint density at radius 2 is 1.86 bits per heavy atom. The quantitative estimate of drug-likeness (QED) is 0.503. The number of amides is 1. The standard InChI is InChI=1S/C23H15ClN2O3/c24-16-8-9-18-17(11-16)21(27)19-20(15-6-2-1-3-7-15)26(23(28)22(19)29-18)13-14-5-4-10-25-12-14/h1-12,20H,13H2. The average molecular weight is 403 g/mol. The fourth-order valence-corrected chi connectivity index (χ4v) is 4.00. The average Bonchev–Trinajstić information content (AvgIpc) is 3.02. The molecule has 0 saturated carbocycles. The van der Waals surface area contributed by atoms with Crippen LogP contribution >= 0.6 is 11.6 Å². The maximum atomic E-state index is 13.4. The molecule has 1 amide bonds. The lowest BCUT2D eigenvalue weighted by Crippen LogP contribution is -2.29. The first-order valence-corrected chi connectivity index (χ1v) is 9.52. The van der Waals surface area contributed by atoms with E-state index >= 15 is 0 Å². The zero-order valence-corrected chi connectivity index (χ0v) is 16.0. The number of fused-ring (bicyclic) bond motifs is 2. The molecule has 2 aromatic heterocycles. The van der Waals surface area contributed by atoms with E-state index in [0.29, 0.717) is 28.1 Å². The molecule has 0 spiro atoms. The van der Waals surface area contributed by atoms with Gasteiger partial charge in [0.2, 0.25) is 5.76 Å². The summed E-state index contributed by atoms with van der Waals surface area (Å²) >= 11 is 6.09. The molecule has 0 radical (unpaired) electrons. The summed E-state index contributed by atoms with van der Waals surface area (Å²) in [7, 11) is 0. The molecule has 1 atom stereocenters. The van der Waals surface area contributed by atoms with E-state index in [-0.39, 0.29) is 17.1 Å². The first-order chi connectivity index (χ1) is 14.1. The van der Waals surface area contributed by atoms with Crippen molar-refractivity contribution in [1.29, 1.82) is 0 Å². The van der Waals surface area contributed by atoms with Crippen LogP contribution in [0.5, 0.6) is 0 Å². The second kappa shape index (κ2) is 6.87. The zero-order valence-electron chi connectivity index (χ0n) is 15.2. The number of aromatic nitrogens is 1. The second-order valence-electron chi connectivity index (χ2n) is 6.92. The highest BCUT2D eigenvalue weighted by Gasteiger charge is 2.42. The maximum Gasteiger partial charge on any atom is 0.291 e. The summed E-state index contributed by atoms with van der Waals surface area (Å²) in [6.45, 7) is 0.312. The number of hydrogen-bond acceptors (Lipinski definition) is 4. The third kappa shape index (κ3) is 2.91. The Morgan fingerprint density at radius 3 is 2.62 bits per heavy atom. The number of rotatable bonds is 3. The van der Waals surface area contributed by atoms with Gasteiger partial charge in [0.1, 0.15) is 5.58 Å². The molecule has 4 aromatic rings. The molecule has 6 heteroatoms. The minimum Gasteiger partial charge on any atom is -0.450 e. The fourth-order valence-electron chi connectivity index (χ4n) is 3.83. The molecule has 3 heterocycles. The molecular formula is C23H15ClN2O3. The molecule has 2 aromatic carbocycles. The van der Waals surface area contributed by atoms with Crippen molar-refractivity contribution in [3.63, 3.8) is 0 Å². The zero-order chi connectivity index (χ0) is 20.0. The number of hydrogen-bond donors (Lipinski definition) is 0. The summed E-state index contributed by atoms with van der Waals surface area (Å²) in [6, 6.07) is 17.5. The van der Waals surface area contributed by atoms with Crippen LogP contribution in [-0.4, -0.2) is 15.8 Å². The highest BCUT2D eigenvalue weighted by Crippen LogP contribution is 2.39. The van der Waals surface area contributed by atoms with E-state index in [1.807, 2.05) is 42.5 Å². The number of nitrogens with zero attached hydrogens (tertiary/aromatic N) is 2. The number of pyridine rings is 1. The van der Waals surface area contributed by atoms with Gasteiger partial charge in [0.05, 0.1) is 17.0 Å². The first-order valence-electron chi connectivity index (χ1n) is 9.14. The van der Waals surface area contributed by atoms with Gasteiger partial charge in [-0.3, -0.25) is 14.6 Å². The topological polar surface area (TPSA) is 63.4 Å². The van der Waals surface area contributed by atoms with Gasteiger partial charge in [-0.05, 0) is 35.4 Å². The van der Waals surface area contributed by atoms with Gasteiger partial charge >= 0.3 is 0 Å². The summed E-state index contributed by atoms with van der Waals surface area (Å²) in [5.74, 6) is -0.228. The van der Waals surface area contributed by atoms with E-state index in [1.165, 1.54) is 0 Å². The van der Waals surface area contributed by atoms with Crippen molar-refractivity contribution < 1.29 is 9.21 Å². The molecule has 0 fully saturated rings. The Balaban J connectivity index is 1.74. The summed E-state index contributed by atoms with van der Waals surface area (Å²) in [4.78, 5) is 32.5. The molecular weight excluding hydrogens is 388 g/mol. The van der Waals surface area contributed by atoms with Crippen molar-refractivity contribution in [2.45, 2.75) is 12.6 Å². The van der Waals surface area contributed by atoms with Gasteiger partial charge in [0, 0.05) is 24.0 Å². The molecule has 0 N–H and O–H groups in total. The Kier molecular flexibility index (Phi) is 4.18. The minimum absolute atomic E-state index is 0.0857. The van der Waals surface area contributed by atoms with E-state index in [2.05, 4.69) is 4.98 Å². The van der Waals surface area contributed by atoms with Gasteiger partial charge in [-0.1, -0.05) is 48.0 Å². The van der Waals surface area contributed by atoms with Crippen molar-refractivity contribution in [2.24, 2.45) is 0 Å². The van der Waals surface area contributed by atoms with Gasteiger partial charge in [0.25, 0.3) is 5.91 Å². The molecule has 1 aliphatic heterocycles. The fraction of sp³-hybridized carbons (Fsp3) is 0.0870. The van der Waals surface area contributed by atoms with E-state index in [1.54, 1.807) is 35.5 Å². The van der Waals surface area contributed by atoms with Gasteiger partial charge in [0.15, 0.2) is 5.43 Å². The minimum atomic E-state index is -0.543. The SMILES string of the molecule is O=C1c2oc3ccc(Cl)cc3c(=O)c2C(c2ccccc2)N1Cc1cccnc1. The van der Waals surface area contributed by atoms with Crippen LogP contribution in [0.25, 0.3) is 11.0 Å². The first kappa shape index (κ1) is 17.6. The van der Waals surface area contributed by atoms with Crippen molar-refractivity contribution in [1.82, 2.24) is 9.88 Å². The molecule has 1 aliphatic rings. The maximum absolute atomic E-state index is 13.4. The van der Waals surface area contributed by atoms with Gasteiger partial charge in [-0.15, -0.1) is 0 Å². The van der Waals surface area contributed by atoms with Crippen LogP contribution in [0.15, 0.2) is 82.3 Å². The third-order valence-electron chi connectivity index (χ3n) is 5.12. The second-order valence-corrected chi connectivity index (χ2v) is 7.36. The van der Waals surface area contributed by atoms with Crippen LogP contribution < -0.4 is 5.43 Å². The molecule has 5 rings (SSSR count). The number of halogens is 1. The Morgan fingerprint density at radius 1 is 1.03 bits per heavy atom. The summed E-state index contributed by atoms with van der Waals surface area (Å²) < 4.78 is 5.91. The number of benzene rings is 2. The number of carbonyl (C=O) groups excluding carboxylic acids is 1. The Bertz CT molecular complexity index is 1290. The molecule has 0 saturated heterocycles. The predicted molar refractivity (Wildman–Crippen MR) is 110 cm³/mol. The van der Waals surface area contributed by atoms with E-state index in [4.69, 9.17) is 16.0 Å². The van der Waals surface area contributed by atoms with Crippen molar-refractivity contribution >= 4 is 28.5 Å². The lowest BCUT2D eigenvalue weighted by Gasteiger charge is -2.25. The van der Waals surface area contributed by atoms with E-state index in [9.17, 15) is 9.59 Å². The van der Waals surface area contributed by atoms with Gasteiger partial charge < -0.3 is 9.32 Å². The highest BCUT2D eigenvalue weighted by atomic mass is 35.5. The summed E-state index contributed by atoms with van der Waals surface area (Å²) in [5, 5.41) is 0.811. The number of carbonyl (C=O) groups is 1. The van der Waals surface area contributed by atoms with Crippen molar-refractivity contribution in [3.8, 4) is 0 Å². The van der Waals surface area contributed by atoms with Crippen LogP contribution in [0.2, 0.25) is 5.02 Å². The van der Waals surface area contributed by atoms with E-state index in [0.717, 1.165) is 11.1 Å². The largest absolute Gasteiger partial charge is 0.450 e. The molecule has 142 valence electrons. The van der Waals surface area contributed by atoms with Crippen LogP contribution in [0, 0.1) is 0 Å². The van der Waals surface area contributed by atoms with Crippen molar-refractivity contribution in [3.05, 3.63) is 111 Å². The lowest BCUT2D eigenvalue weighted by atomic mass is 9.98. The molecule has 1 unspecified atom stereocenters. The molecule has 0 aliphatic carbocycles. The van der Waals surface area contributed by atoms with Gasteiger partial charge in [-0.25, -0.2) is 0 Å². The smallest absolute Gasteiger partial charge is 0.291 e. The summed E-state index contributed by atoms with van der Waals surface area (Å²) in [6.07, 6.45) is 3.39. The highest BCUT2D eigenvalue weighted by molar-refractivity contribution is 6.31. The van der Waals surface area contributed by atoms with Crippen LogP contribution in [0.3, 0.4) is 0 Å². The monoisotopic (exact) mass is 402 g/mol. The lowest BCUT2D eigenvalue weighted by molar-refractivity contribution is 0.0714. The normalized spacial score (nSPS) is 15.7. The summed E-state index contributed by atoms with van der Waals surface area (Å²) in [5.41, 5.74) is 2.17. The van der Waals surface area contributed by atoms with Crippen LogP contribution in [0.4, 0.5) is 0 Å². The third-order valence-corrected chi connectivity index (χ3v) is 5.35. The molecule has 5 nitrogen and oxygen atoms in total. The van der Waals surface area contributed by atoms with E-state index < -0.39 is 6.04 Å². The Labute approximate surface area is 171 Å². The molecule has 29 heavy (non-hydrogen) atoms. The molecule has 0 bridgehead atoms.